The van der Waals surface area contributed by atoms with E-state index in [1.54, 1.807) is 30.3 Å². The maximum absolute atomic E-state index is 12.0. The monoisotopic (exact) mass is 329 g/mol. The predicted molar refractivity (Wildman–Crippen MR) is 87.6 cm³/mol. The standard InChI is InChI=1S/C17H16N2O5/c1-3-4-7-10-23-16(20)14(19-18)13-11-8-5-6-9-12(11)24-15(13)17(21)22-2/h3,5-6,8-9H,1,4,7,10H2,2H3/p+1. The van der Waals surface area contributed by atoms with Gasteiger partial charge in [0.1, 0.15) is 11.1 Å². The molecule has 1 aromatic heterocycles. The van der Waals surface area contributed by atoms with E-state index in [9.17, 15) is 15.3 Å². The van der Waals surface area contributed by atoms with Crippen molar-refractivity contribution in [2.75, 3.05) is 13.7 Å². The van der Waals surface area contributed by atoms with Gasteiger partial charge in [-0.25, -0.2) is 4.79 Å². The quantitative estimate of drug-likeness (QED) is 0.268. The third-order valence-corrected chi connectivity index (χ3v) is 3.30. The largest absolute Gasteiger partial charge is 0.475 e. The summed E-state index contributed by atoms with van der Waals surface area (Å²) in [4.78, 5) is 15.0. The summed E-state index contributed by atoms with van der Waals surface area (Å²) in [6.07, 6.45) is 3.06. The van der Waals surface area contributed by atoms with Crippen LogP contribution in [-0.4, -0.2) is 24.8 Å². The molecule has 7 nitrogen and oxygen atoms in total. The van der Waals surface area contributed by atoms with Crippen LogP contribution in [0, 0.1) is 5.39 Å². The summed E-state index contributed by atoms with van der Waals surface area (Å²) in [5.74, 6) is -1.56. The number of carbonyl (C=O) groups excluding carboxylic acids is 1. The van der Waals surface area contributed by atoms with Gasteiger partial charge in [0.2, 0.25) is 11.2 Å². The molecule has 2 rings (SSSR count). The number of aliphatic hydroxyl groups is 1. The topological polar surface area (TPSA) is 97.1 Å². The van der Waals surface area contributed by atoms with Crippen LogP contribution in [0.5, 0.6) is 0 Å². The van der Waals surface area contributed by atoms with E-state index >= 15 is 0 Å². The van der Waals surface area contributed by atoms with E-state index < -0.39 is 11.9 Å². The van der Waals surface area contributed by atoms with Gasteiger partial charge in [-0.05, 0) is 18.9 Å². The van der Waals surface area contributed by atoms with Crippen LogP contribution in [0.4, 0.5) is 0 Å². The molecule has 0 bridgehead atoms. The number of nitrogens with zero attached hydrogens (tertiary/aromatic N) is 2. The molecular weight excluding hydrogens is 312 g/mol. The highest BCUT2D eigenvalue weighted by Gasteiger charge is 2.35. The molecular formula is C17H17N2O5+. The van der Waals surface area contributed by atoms with Crippen LogP contribution < -0.4 is 0 Å². The number of furan rings is 1. The molecule has 1 heterocycles. The average molecular weight is 329 g/mol. The van der Waals surface area contributed by atoms with Crippen LogP contribution in [-0.2, 0) is 9.47 Å². The van der Waals surface area contributed by atoms with Crippen molar-refractivity contribution in [3.8, 4) is 0 Å². The number of hydrogen-bond donors (Lipinski definition) is 1. The van der Waals surface area contributed by atoms with Crippen LogP contribution >= 0.6 is 0 Å². The Morgan fingerprint density at radius 1 is 1.46 bits per heavy atom. The van der Waals surface area contributed by atoms with E-state index in [2.05, 4.69) is 16.3 Å². The Hall–Kier alpha value is -3.27. The molecule has 1 aromatic carbocycles. The van der Waals surface area contributed by atoms with Crippen molar-refractivity contribution in [1.29, 1.82) is 5.39 Å². The fourth-order valence-corrected chi connectivity index (χ4v) is 2.18. The highest BCUT2D eigenvalue weighted by atomic mass is 16.6. The molecule has 0 saturated heterocycles. The average Bonchev–Trinajstić information content (AvgIpc) is 2.98. The van der Waals surface area contributed by atoms with E-state index in [-0.39, 0.29) is 23.6 Å². The lowest BCUT2D eigenvalue weighted by atomic mass is 10.1. The molecule has 0 amide bonds. The number of hydrogen-bond acceptors (Lipinski definition) is 6. The minimum absolute atomic E-state index is 0.0983. The minimum atomic E-state index is -0.762. The second-order valence-electron chi connectivity index (χ2n) is 4.83. The molecule has 0 atom stereocenters. The van der Waals surface area contributed by atoms with Gasteiger partial charge >= 0.3 is 17.6 Å². The lowest BCUT2D eigenvalue weighted by molar-refractivity contribution is 0.0567. The van der Waals surface area contributed by atoms with Gasteiger partial charge in [0.25, 0.3) is 0 Å². The van der Waals surface area contributed by atoms with Gasteiger partial charge < -0.3 is 19.0 Å². The lowest BCUT2D eigenvalue weighted by Gasteiger charge is -2.01. The van der Waals surface area contributed by atoms with Crippen LogP contribution in [0.15, 0.2) is 47.3 Å². The number of ether oxygens (including phenoxy) is 2. The van der Waals surface area contributed by atoms with Crippen molar-refractivity contribution in [3.05, 3.63) is 59.2 Å². The normalized spacial score (nSPS) is 11.5. The van der Waals surface area contributed by atoms with E-state index in [0.29, 0.717) is 23.8 Å². The second kappa shape index (κ2) is 7.83. The van der Waals surface area contributed by atoms with Crippen LogP contribution in [0.3, 0.4) is 0 Å². The molecule has 0 unspecified atom stereocenters. The molecule has 0 radical (unpaired) electrons. The highest BCUT2D eigenvalue weighted by molar-refractivity contribution is 6.03. The maximum atomic E-state index is 12.0. The Kier molecular flexibility index (Phi) is 5.58. The van der Waals surface area contributed by atoms with Gasteiger partial charge in [-0.2, -0.15) is 0 Å². The number of benzene rings is 1. The van der Waals surface area contributed by atoms with E-state index in [1.807, 2.05) is 0 Å². The Bertz CT molecular complexity index is 829. The van der Waals surface area contributed by atoms with Crippen molar-refractivity contribution in [1.82, 2.24) is 0 Å². The Labute approximate surface area is 138 Å². The first-order valence-electron chi connectivity index (χ1n) is 7.26. The zero-order valence-electron chi connectivity index (χ0n) is 13.2. The van der Waals surface area contributed by atoms with Gasteiger partial charge in [-0.1, -0.05) is 24.3 Å². The molecule has 0 fully saturated rings. The zero-order chi connectivity index (χ0) is 17.5. The third kappa shape index (κ3) is 3.38. The number of fused-ring (bicyclic) bond motifs is 1. The zero-order valence-corrected chi connectivity index (χ0v) is 13.2. The summed E-state index contributed by atoms with van der Waals surface area (Å²) in [6.45, 7) is 3.79. The lowest BCUT2D eigenvalue weighted by Crippen LogP contribution is -2.04. The number of methoxy groups -OCH3 is 1. The van der Waals surface area contributed by atoms with Crippen molar-refractivity contribution in [2.45, 2.75) is 12.8 Å². The molecule has 0 spiro atoms. The number of rotatable bonds is 7. The summed E-state index contributed by atoms with van der Waals surface area (Å²) in [6, 6.07) is 6.75. The third-order valence-electron chi connectivity index (χ3n) is 3.30. The fourth-order valence-electron chi connectivity index (χ4n) is 2.18. The number of para-hydroxylation sites is 1. The van der Waals surface area contributed by atoms with Crippen LogP contribution in [0.1, 0.15) is 29.0 Å². The van der Waals surface area contributed by atoms with Gasteiger partial charge in [0.05, 0.1) is 13.7 Å². The molecule has 0 saturated carbocycles. The van der Waals surface area contributed by atoms with Gasteiger partial charge in [0, 0.05) is 5.39 Å². The number of carbonyl (C=O) groups is 1. The Morgan fingerprint density at radius 3 is 2.88 bits per heavy atom. The van der Waals surface area contributed by atoms with Crippen molar-refractivity contribution >= 4 is 22.6 Å². The smallest absolute Gasteiger partial charge is 0.475 e. The van der Waals surface area contributed by atoms with Crippen LogP contribution in [0.25, 0.3) is 21.6 Å². The SMILES string of the molecule is C=CCCCO/C(O)=C(\[N+]#N)c1c(C(=O)OC)oc2ccccc12. The molecule has 0 aliphatic rings. The molecule has 24 heavy (non-hydrogen) atoms. The summed E-state index contributed by atoms with van der Waals surface area (Å²) < 4.78 is 15.3. The van der Waals surface area contributed by atoms with E-state index in [4.69, 9.17) is 9.15 Å². The molecule has 0 aliphatic heterocycles. The van der Waals surface area contributed by atoms with Crippen molar-refractivity contribution in [2.24, 2.45) is 0 Å². The maximum Gasteiger partial charge on any atom is 0.475 e. The van der Waals surface area contributed by atoms with E-state index in [0.717, 1.165) is 0 Å². The molecule has 7 heteroatoms. The van der Waals surface area contributed by atoms with E-state index in [1.165, 1.54) is 7.11 Å². The molecule has 0 aliphatic carbocycles. The number of allylic oxidation sites excluding steroid dienone is 1. The summed E-state index contributed by atoms with van der Waals surface area (Å²) in [7, 11) is 1.20. The van der Waals surface area contributed by atoms with Gasteiger partial charge in [0.15, 0.2) is 4.98 Å². The summed E-state index contributed by atoms with van der Waals surface area (Å²) in [5, 5.41) is 19.9. The first-order valence-corrected chi connectivity index (χ1v) is 7.26. The molecule has 1 N–H and O–H groups in total. The second-order valence-corrected chi connectivity index (χ2v) is 4.83. The highest BCUT2D eigenvalue weighted by Crippen LogP contribution is 2.34. The summed E-state index contributed by atoms with van der Waals surface area (Å²) in [5.41, 5.74) is 0.175. The van der Waals surface area contributed by atoms with Crippen LogP contribution in [0.2, 0.25) is 0 Å². The number of unbranched alkanes of at least 4 members (excludes halogenated alkanes) is 1. The first-order chi connectivity index (χ1) is 11.6. The number of aliphatic hydroxyl groups excluding tert-OH is 1. The predicted octanol–water partition coefficient (Wildman–Crippen LogP) is 4.24. The van der Waals surface area contributed by atoms with Crippen molar-refractivity contribution in [3.63, 3.8) is 0 Å². The van der Waals surface area contributed by atoms with Gasteiger partial charge in [-0.15, -0.1) is 6.58 Å². The summed E-state index contributed by atoms with van der Waals surface area (Å²) >= 11 is 0. The van der Waals surface area contributed by atoms with Gasteiger partial charge in [-0.3, -0.25) is 0 Å². The van der Waals surface area contributed by atoms with Crippen molar-refractivity contribution < 1.29 is 23.8 Å². The number of diazo groups is 1. The Morgan fingerprint density at radius 2 is 2.21 bits per heavy atom. The fraction of sp³-hybridized carbons (Fsp3) is 0.235. The molecule has 124 valence electrons. The minimum Gasteiger partial charge on any atom is -0.475 e. The number of esters is 1. The Balaban J connectivity index is 2.52. The first kappa shape index (κ1) is 17.1. The molecule has 2 aromatic rings.